The van der Waals surface area contributed by atoms with E-state index in [1.807, 2.05) is 0 Å². The third-order valence-electron chi connectivity index (χ3n) is 4.57. The quantitative estimate of drug-likeness (QED) is 0.368. The van der Waals surface area contributed by atoms with Crippen LogP contribution in [0.2, 0.25) is 5.02 Å². The van der Waals surface area contributed by atoms with Gasteiger partial charge in [0.1, 0.15) is 11.5 Å². The summed E-state index contributed by atoms with van der Waals surface area (Å²) < 4.78 is 35.1. The fourth-order valence-electron chi connectivity index (χ4n) is 3.10. The van der Waals surface area contributed by atoms with Crippen LogP contribution >= 0.6 is 11.6 Å². The molecule has 0 saturated carbocycles. The molecule has 1 N–H and O–H groups in total. The Hall–Kier alpha value is -3.63. The molecule has 0 spiro atoms. The SMILES string of the molecule is CS(=O)(=O)c1ncc(N(Cc2ccco2)Cc2ccco2)c(C(=O)Nc2cccc(Cl)c2)n1. The van der Waals surface area contributed by atoms with Gasteiger partial charge in [0.2, 0.25) is 15.0 Å². The molecule has 0 unspecified atom stereocenters. The Morgan fingerprint density at radius 3 is 2.27 bits per heavy atom. The lowest BCUT2D eigenvalue weighted by molar-refractivity contribution is 0.102. The lowest BCUT2D eigenvalue weighted by Crippen LogP contribution is -2.27. The first kappa shape index (κ1) is 22.6. The Kier molecular flexibility index (Phi) is 6.47. The molecule has 9 nitrogen and oxygen atoms in total. The van der Waals surface area contributed by atoms with E-state index in [0.29, 0.717) is 27.9 Å². The minimum Gasteiger partial charge on any atom is -0.467 e. The first-order valence-electron chi connectivity index (χ1n) is 9.73. The summed E-state index contributed by atoms with van der Waals surface area (Å²) in [7, 11) is -3.76. The van der Waals surface area contributed by atoms with Gasteiger partial charge in [0.15, 0.2) is 5.69 Å². The molecule has 1 amide bonds. The van der Waals surface area contributed by atoms with Crippen LogP contribution in [0.1, 0.15) is 22.0 Å². The van der Waals surface area contributed by atoms with Gasteiger partial charge < -0.3 is 19.1 Å². The molecule has 1 aromatic carbocycles. The van der Waals surface area contributed by atoms with E-state index in [0.717, 1.165) is 6.26 Å². The zero-order chi connectivity index (χ0) is 23.4. The van der Waals surface area contributed by atoms with Gasteiger partial charge in [-0.2, -0.15) is 0 Å². The lowest BCUT2D eigenvalue weighted by Gasteiger charge is -2.24. The second-order valence-electron chi connectivity index (χ2n) is 7.14. The van der Waals surface area contributed by atoms with Crippen LogP contribution in [0.15, 0.2) is 81.2 Å². The first-order valence-corrected chi connectivity index (χ1v) is 12.0. The van der Waals surface area contributed by atoms with Crippen molar-refractivity contribution in [2.24, 2.45) is 0 Å². The highest BCUT2D eigenvalue weighted by molar-refractivity contribution is 7.90. The average Bonchev–Trinajstić information content (AvgIpc) is 3.46. The topological polar surface area (TPSA) is 119 Å². The molecular weight excluding hydrogens is 468 g/mol. The standard InChI is InChI=1S/C22H19ClN4O5S/c1-33(29,30)22-24-12-19(20(26-22)21(28)25-16-6-2-5-15(23)11-16)27(13-17-7-3-9-31-17)14-18-8-4-10-32-18/h2-12H,13-14H2,1H3,(H,25,28). The number of carbonyl (C=O) groups is 1. The Labute approximate surface area is 194 Å². The van der Waals surface area contributed by atoms with Crippen molar-refractivity contribution in [2.45, 2.75) is 18.2 Å². The van der Waals surface area contributed by atoms with Crippen LogP contribution in [0.3, 0.4) is 0 Å². The minimum absolute atomic E-state index is 0.122. The number of amides is 1. The number of hydrogen-bond acceptors (Lipinski definition) is 8. The predicted octanol–water partition coefficient (Wildman–Crippen LogP) is 4.18. The van der Waals surface area contributed by atoms with Gasteiger partial charge in [-0.15, -0.1) is 0 Å². The first-order chi connectivity index (χ1) is 15.8. The Morgan fingerprint density at radius 2 is 1.73 bits per heavy atom. The molecule has 0 fully saturated rings. The van der Waals surface area contributed by atoms with E-state index in [1.54, 1.807) is 53.4 Å². The molecule has 0 atom stereocenters. The van der Waals surface area contributed by atoms with Crippen molar-refractivity contribution in [2.75, 3.05) is 16.5 Å². The zero-order valence-corrected chi connectivity index (χ0v) is 19.0. The smallest absolute Gasteiger partial charge is 0.276 e. The van der Waals surface area contributed by atoms with Gasteiger partial charge >= 0.3 is 0 Å². The lowest BCUT2D eigenvalue weighted by atomic mass is 10.2. The van der Waals surface area contributed by atoms with Crippen molar-refractivity contribution in [3.63, 3.8) is 0 Å². The summed E-state index contributed by atoms with van der Waals surface area (Å²) in [5.41, 5.74) is 0.611. The molecule has 33 heavy (non-hydrogen) atoms. The number of sulfone groups is 1. The Balaban J connectivity index is 1.77. The number of anilines is 2. The van der Waals surface area contributed by atoms with E-state index in [9.17, 15) is 13.2 Å². The third kappa shape index (κ3) is 5.60. The Bertz CT molecular complexity index is 1320. The molecule has 3 aromatic heterocycles. The average molecular weight is 487 g/mol. The molecule has 3 heterocycles. The number of nitrogens with one attached hydrogen (secondary N) is 1. The highest BCUT2D eigenvalue weighted by Gasteiger charge is 2.24. The molecule has 170 valence electrons. The summed E-state index contributed by atoms with van der Waals surface area (Å²) >= 11 is 6.01. The summed E-state index contributed by atoms with van der Waals surface area (Å²) in [5, 5.41) is 2.68. The van der Waals surface area contributed by atoms with Crippen LogP contribution in [0.25, 0.3) is 0 Å². The summed E-state index contributed by atoms with van der Waals surface area (Å²) in [6.45, 7) is 0.513. The largest absolute Gasteiger partial charge is 0.467 e. The van der Waals surface area contributed by atoms with Gasteiger partial charge in [-0.05, 0) is 42.5 Å². The van der Waals surface area contributed by atoms with E-state index < -0.39 is 20.9 Å². The van der Waals surface area contributed by atoms with E-state index in [1.165, 1.54) is 18.7 Å². The van der Waals surface area contributed by atoms with Crippen molar-refractivity contribution in [3.8, 4) is 0 Å². The fraction of sp³-hybridized carbons (Fsp3) is 0.136. The third-order valence-corrected chi connectivity index (χ3v) is 5.67. The number of nitrogens with zero attached hydrogens (tertiary/aromatic N) is 3. The van der Waals surface area contributed by atoms with Crippen LogP contribution in [0.5, 0.6) is 0 Å². The Morgan fingerprint density at radius 1 is 1.06 bits per heavy atom. The van der Waals surface area contributed by atoms with Gasteiger partial charge in [0.25, 0.3) is 5.91 Å². The molecule has 4 aromatic rings. The maximum atomic E-state index is 13.2. The summed E-state index contributed by atoms with van der Waals surface area (Å²) in [6, 6.07) is 13.6. The molecule has 0 saturated heterocycles. The van der Waals surface area contributed by atoms with Gasteiger partial charge in [-0.1, -0.05) is 17.7 Å². The summed E-state index contributed by atoms with van der Waals surface area (Å²) in [6.07, 6.45) is 5.36. The maximum absolute atomic E-state index is 13.2. The number of halogens is 1. The highest BCUT2D eigenvalue weighted by Crippen LogP contribution is 2.26. The molecule has 0 aliphatic rings. The van der Waals surface area contributed by atoms with Crippen LogP contribution in [-0.2, 0) is 22.9 Å². The van der Waals surface area contributed by atoms with Gasteiger partial charge in [0, 0.05) is 17.0 Å². The number of carbonyl (C=O) groups excluding carboxylic acids is 1. The van der Waals surface area contributed by atoms with Crippen molar-refractivity contribution in [1.82, 2.24) is 9.97 Å². The van der Waals surface area contributed by atoms with Crippen LogP contribution in [0, 0.1) is 0 Å². The zero-order valence-electron chi connectivity index (χ0n) is 17.4. The van der Waals surface area contributed by atoms with Crippen molar-refractivity contribution in [3.05, 3.63) is 89.5 Å². The normalized spacial score (nSPS) is 11.3. The molecule has 11 heteroatoms. The maximum Gasteiger partial charge on any atom is 0.276 e. The summed E-state index contributed by atoms with van der Waals surface area (Å²) in [5.74, 6) is 0.619. The van der Waals surface area contributed by atoms with E-state index in [4.69, 9.17) is 20.4 Å². The monoisotopic (exact) mass is 486 g/mol. The van der Waals surface area contributed by atoms with Crippen LogP contribution < -0.4 is 10.2 Å². The van der Waals surface area contributed by atoms with E-state index in [2.05, 4.69) is 15.3 Å². The van der Waals surface area contributed by atoms with Gasteiger partial charge in [-0.25, -0.2) is 18.4 Å². The van der Waals surface area contributed by atoms with E-state index in [-0.39, 0.29) is 18.8 Å². The van der Waals surface area contributed by atoms with Crippen molar-refractivity contribution >= 4 is 38.7 Å². The number of furan rings is 2. The molecule has 0 bridgehead atoms. The highest BCUT2D eigenvalue weighted by atomic mass is 35.5. The number of aromatic nitrogens is 2. The molecule has 0 aliphatic carbocycles. The van der Waals surface area contributed by atoms with Crippen LogP contribution in [0.4, 0.5) is 11.4 Å². The molecule has 0 radical (unpaired) electrons. The molecule has 0 aliphatic heterocycles. The van der Waals surface area contributed by atoms with Crippen molar-refractivity contribution < 1.29 is 22.0 Å². The van der Waals surface area contributed by atoms with Crippen LogP contribution in [-0.4, -0.2) is 30.5 Å². The van der Waals surface area contributed by atoms with Crippen molar-refractivity contribution in [1.29, 1.82) is 0 Å². The summed E-state index contributed by atoms with van der Waals surface area (Å²) in [4.78, 5) is 23.1. The minimum atomic E-state index is -3.76. The number of rotatable bonds is 8. The second-order valence-corrected chi connectivity index (χ2v) is 9.48. The predicted molar refractivity (Wildman–Crippen MR) is 122 cm³/mol. The van der Waals surface area contributed by atoms with Gasteiger partial charge in [0.05, 0.1) is 37.5 Å². The number of benzene rings is 1. The molecule has 4 rings (SSSR count). The fourth-order valence-corrected chi connectivity index (χ4v) is 3.79. The van der Waals surface area contributed by atoms with Gasteiger partial charge in [-0.3, -0.25) is 4.79 Å². The van der Waals surface area contributed by atoms with E-state index >= 15 is 0 Å². The molecular formula is C22H19ClN4O5S. The number of hydrogen-bond donors (Lipinski definition) is 1. The second kappa shape index (κ2) is 9.47.